The molecule has 1 aromatic carbocycles. The molecule has 0 bridgehead atoms. The third-order valence-corrected chi connectivity index (χ3v) is 3.75. The van der Waals surface area contributed by atoms with Crippen LogP contribution in [0.1, 0.15) is 26.3 Å². The minimum Gasteiger partial charge on any atom is -0.384 e. The summed E-state index contributed by atoms with van der Waals surface area (Å²) in [6.45, 7) is 4.71. The highest BCUT2D eigenvalue weighted by Gasteiger charge is 2.22. The van der Waals surface area contributed by atoms with Gasteiger partial charge in [-0.3, -0.25) is 0 Å². The van der Waals surface area contributed by atoms with Crippen LogP contribution in [-0.2, 0) is 10.0 Å². The minimum atomic E-state index is -3.77. The molecule has 0 amide bonds. The predicted octanol–water partition coefficient (Wildman–Crippen LogP) is 1.25. The molecule has 0 radical (unpaired) electrons. The lowest BCUT2D eigenvalue weighted by atomic mass is 10.1. The lowest BCUT2D eigenvalue weighted by Gasteiger charge is -2.20. The van der Waals surface area contributed by atoms with Gasteiger partial charge in [-0.15, -0.1) is 0 Å². The normalized spacial score (nSPS) is 11.8. The van der Waals surface area contributed by atoms with Crippen LogP contribution in [0.15, 0.2) is 23.1 Å². The van der Waals surface area contributed by atoms with E-state index in [1.165, 1.54) is 12.1 Å². The van der Waals surface area contributed by atoms with Crippen molar-refractivity contribution in [1.82, 2.24) is 4.72 Å². The molecule has 1 aromatic rings. The Morgan fingerprint density at radius 2 is 2.00 bits per heavy atom. The Morgan fingerprint density at radius 3 is 2.47 bits per heavy atom. The molecule has 4 nitrogen and oxygen atoms in total. The lowest BCUT2D eigenvalue weighted by molar-refractivity contribution is 0.350. The zero-order valence-electron chi connectivity index (χ0n) is 11.0. The monoisotopic (exact) mass is 285 g/mol. The highest BCUT2D eigenvalue weighted by Crippen LogP contribution is 2.16. The fraction of sp³-hybridized carbons (Fsp3) is 0.385. The number of nitrogens with one attached hydrogen (secondary N) is 1. The van der Waals surface area contributed by atoms with Crippen molar-refractivity contribution >= 4 is 10.0 Å². The van der Waals surface area contributed by atoms with Crippen molar-refractivity contribution in [2.75, 3.05) is 6.61 Å². The summed E-state index contributed by atoms with van der Waals surface area (Å²) in [6, 6.07) is 3.46. The minimum absolute atomic E-state index is 0.0451. The maximum Gasteiger partial charge on any atom is 0.241 e. The first kappa shape index (κ1) is 15.6. The van der Waals surface area contributed by atoms with Gasteiger partial charge >= 0.3 is 0 Å². The van der Waals surface area contributed by atoms with Gasteiger partial charge in [0.05, 0.1) is 10.5 Å². The van der Waals surface area contributed by atoms with E-state index >= 15 is 0 Å². The van der Waals surface area contributed by atoms with E-state index < -0.39 is 21.4 Å². The number of hydrogen-bond acceptors (Lipinski definition) is 3. The van der Waals surface area contributed by atoms with Crippen LogP contribution in [0.2, 0.25) is 0 Å². The number of aliphatic hydroxyl groups excluding tert-OH is 1. The molecule has 0 spiro atoms. The highest BCUT2D eigenvalue weighted by molar-refractivity contribution is 7.89. The quantitative estimate of drug-likeness (QED) is 0.804. The topological polar surface area (TPSA) is 66.4 Å². The lowest BCUT2D eigenvalue weighted by Crippen LogP contribution is -2.40. The molecule has 0 saturated carbocycles. The maximum atomic E-state index is 13.7. The maximum absolute atomic E-state index is 13.7. The van der Waals surface area contributed by atoms with Crippen LogP contribution in [0.3, 0.4) is 0 Å². The first-order chi connectivity index (χ1) is 8.65. The van der Waals surface area contributed by atoms with Crippen molar-refractivity contribution < 1.29 is 17.9 Å². The van der Waals surface area contributed by atoms with Crippen LogP contribution in [0.5, 0.6) is 0 Å². The van der Waals surface area contributed by atoms with Crippen molar-refractivity contribution in [2.24, 2.45) is 0 Å². The summed E-state index contributed by atoms with van der Waals surface area (Å²) < 4.78 is 40.0. The predicted molar refractivity (Wildman–Crippen MR) is 70.4 cm³/mol. The molecule has 0 aromatic heterocycles. The first-order valence-electron chi connectivity index (χ1n) is 5.59. The third-order valence-electron chi connectivity index (χ3n) is 1.99. The van der Waals surface area contributed by atoms with E-state index in [1.54, 1.807) is 20.8 Å². The molecule has 0 unspecified atom stereocenters. The van der Waals surface area contributed by atoms with Crippen LogP contribution in [0, 0.1) is 17.7 Å². The van der Waals surface area contributed by atoms with Gasteiger partial charge in [-0.25, -0.2) is 17.5 Å². The SMILES string of the molecule is CC(C)(C)NS(=O)(=O)c1ccc(C#CCO)c(F)c1. The number of hydrogen-bond donors (Lipinski definition) is 2. The van der Waals surface area contributed by atoms with Gasteiger partial charge in [-0.1, -0.05) is 11.8 Å². The fourth-order valence-electron chi connectivity index (χ4n) is 1.36. The van der Waals surface area contributed by atoms with Crippen molar-refractivity contribution in [3.63, 3.8) is 0 Å². The van der Waals surface area contributed by atoms with Crippen LogP contribution >= 0.6 is 0 Å². The molecular formula is C13H16FNO3S. The molecule has 0 aliphatic carbocycles. The molecular weight excluding hydrogens is 269 g/mol. The summed E-state index contributed by atoms with van der Waals surface area (Å²) in [7, 11) is -3.77. The number of aliphatic hydroxyl groups is 1. The number of rotatable bonds is 2. The standard InChI is InChI=1S/C13H16FNO3S/c1-13(2,3)15-19(17,18)11-7-6-10(5-4-8-16)12(14)9-11/h6-7,9,15-16H,8H2,1-3H3. The number of halogens is 1. The second-order valence-corrected chi connectivity index (χ2v) is 6.64. The Bertz CT molecular complexity index is 622. The van der Waals surface area contributed by atoms with E-state index in [4.69, 9.17) is 5.11 Å². The van der Waals surface area contributed by atoms with E-state index in [0.717, 1.165) is 6.07 Å². The van der Waals surface area contributed by atoms with Crippen LogP contribution in [0.4, 0.5) is 4.39 Å². The van der Waals surface area contributed by atoms with Crippen LogP contribution in [-0.4, -0.2) is 25.7 Å². The van der Waals surface area contributed by atoms with Gasteiger partial charge in [0.1, 0.15) is 12.4 Å². The zero-order valence-corrected chi connectivity index (χ0v) is 11.8. The van der Waals surface area contributed by atoms with Crippen molar-refractivity contribution in [3.05, 3.63) is 29.6 Å². The van der Waals surface area contributed by atoms with Crippen molar-refractivity contribution in [2.45, 2.75) is 31.2 Å². The van der Waals surface area contributed by atoms with Crippen molar-refractivity contribution in [3.8, 4) is 11.8 Å². The molecule has 6 heteroatoms. The van der Waals surface area contributed by atoms with E-state index in [2.05, 4.69) is 16.6 Å². The molecule has 0 aliphatic heterocycles. The molecule has 2 N–H and O–H groups in total. The molecule has 0 atom stereocenters. The van der Waals surface area contributed by atoms with Crippen LogP contribution < -0.4 is 4.72 Å². The summed E-state index contributed by atoms with van der Waals surface area (Å²) in [6.07, 6.45) is 0. The fourth-order valence-corrected chi connectivity index (χ4v) is 2.79. The Balaban J connectivity index is 3.14. The van der Waals surface area contributed by atoms with Gasteiger partial charge in [0.15, 0.2) is 0 Å². The largest absolute Gasteiger partial charge is 0.384 e. The summed E-state index contributed by atoms with van der Waals surface area (Å²) in [5.41, 5.74) is -0.603. The van der Waals surface area contributed by atoms with Gasteiger partial charge in [-0.2, -0.15) is 0 Å². The Morgan fingerprint density at radius 1 is 1.37 bits per heavy atom. The van der Waals surface area contributed by atoms with E-state index in [-0.39, 0.29) is 17.1 Å². The van der Waals surface area contributed by atoms with Gasteiger partial charge in [0.25, 0.3) is 0 Å². The Kier molecular flexibility index (Phi) is 4.69. The molecule has 0 aliphatic rings. The second-order valence-electron chi connectivity index (χ2n) is 4.96. The van der Waals surface area contributed by atoms with E-state index in [0.29, 0.717) is 0 Å². The van der Waals surface area contributed by atoms with Gasteiger partial charge in [0.2, 0.25) is 10.0 Å². The Hall–Kier alpha value is -1.42. The molecule has 0 fully saturated rings. The van der Waals surface area contributed by atoms with Gasteiger partial charge in [0, 0.05) is 5.54 Å². The molecule has 1 rings (SSSR count). The number of sulfonamides is 1. The summed E-state index contributed by atoms with van der Waals surface area (Å²) >= 11 is 0. The van der Waals surface area contributed by atoms with E-state index in [1.807, 2.05) is 0 Å². The number of benzene rings is 1. The molecule has 0 heterocycles. The van der Waals surface area contributed by atoms with E-state index in [9.17, 15) is 12.8 Å². The molecule has 19 heavy (non-hydrogen) atoms. The first-order valence-corrected chi connectivity index (χ1v) is 7.07. The molecule has 0 saturated heterocycles. The average Bonchev–Trinajstić information content (AvgIpc) is 2.24. The third kappa shape index (κ3) is 4.63. The second kappa shape index (κ2) is 5.70. The van der Waals surface area contributed by atoms with Gasteiger partial charge in [-0.05, 0) is 39.0 Å². The summed E-state index contributed by atoms with van der Waals surface area (Å²) in [5, 5.41) is 8.53. The van der Waals surface area contributed by atoms with Crippen LogP contribution in [0.25, 0.3) is 0 Å². The summed E-state index contributed by atoms with van der Waals surface area (Å²) in [5.74, 6) is 3.96. The zero-order chi connectivity index (χ0) is 14.7. The van der Waals surface area contributed by atoms with Crippen molar-refractivity contribution in [1.29, 1.82) is 0 Å². The smallest absolute Gasteiger partial charge is 0.241 e. The average molecular weight is 285 g/mol. The molecule has 104 valence electrons. The highest BCUT2D eigenvalue weighted by atomic mass is 32.2. The summed E-state index contributed by atoms with van der Waals surface area (Å²) in [4.78, 5) is -0.158. The Labute approximate surface area is 112 Å². The van der Waals surface area contributed by atoms with Gasteiger partial charge < -0.3 is 5.11 Å².